The first-order valence-corrected chi connectivity index (χ1v) is 11.6. The van der Waals surface area contributed by atoms with Gasteiger partial charge in [0.15, 0.2) is 0 Å². The zero-order valence-corrected chi connectivity index (χ0v) is 18.5. The van der Waals surface area contributed by atoms with Crippen molar-refractivity contribution < 1.29 is 38.0 Å². The van der Waals surface area contributed by atoms with Gasteiger partial charge in [-0.25, -0.2) is 9.65 Å². The van der Waals surface area contributed by atoms with Crippen molar-refractivity contribution in [2.45, 2.75) is 103 Å². The molecule has 0 aromatic heterocycles. The molecule has 9 nitrogen and oxygen atoms in total. The van der Waals surface area contributed by atoms with Gasteiger partial charge in [0.25, 0.3) is 0 Å². The van der Waals surface area contributed by atoms with Gasteiger partial charge in [-0.15, -0.1) is 0 Å². The lowest BCUT2D eigenvalue weighted by molar-refractivity contribution is -0.0759. The van der Waals surface area contributed by atoms with Gasteiger partial charge >= 0.3 is 7.75 Å². The molecule has 0 saturated carbocycles. The first kappa shape index (κ1) is 24.2. The minimum absolute atomic E-state index is 0.0446. The van der Waals surface area contributed by atoms with E-state index in [1.54, 1.807) is 6.92 Å². The molecule has 0 aromatic rings. The molecule has 2 saturated heterocycles. The molecule has 28 heavy (non-hydrogen) atoms. The first-order valence-electron chi connectivity index (χ1n) is 9.99. The van der Waals surface area contributed by atoms with Gasteiger partial charge in [0.1, 0.15) is 18.3 Å². The number of hydrogen-bond acceptors (Lipinski definition) is 7. The number of aliphatic hydroxyl groups is 1. The Hall–Kier alpha value is -0.0900. The maximum atomic E-state index is 12.6. The van der Waals surface area contributed by atoms with Crippen LogP contribution in [0.1, 0.15) is 48.0 Å². The second-order valence-corrected chi connectivity index (χ2v) is 9.73. The fraction of sp³-hybridized carbons (Fsp3) is 1.00. The molecule has 2 fully saturated rings. The third-order valence-corrected chi connectivity index (χ3v) is 5.94. The predicted molar refractivity (Wildman–Crippen MR) is 103 cm³/mol. The van der Waals surface area contributed by atoms with Crippen LogP contribution in [0.3, 0.4) is 0 Å². The Bertz CT molecular complexity index is 534. The van der Waals surface area contributed by atoms with Crippen molar-refractivity contribution in [1.82, 2.24) is 5.09 Å². The van der Waals surface area contributed by atoms with Gasteiger partial charge in [-0.3, -0.25) is 4.52 Å². The van der Waals surface area contributed by atoms with E-state index in [0.717, 1.165) is 0 Å². The number of hydrogen-bond donors (Lipinski definition) is 3. The standard InChI is InChI=1S/C18H36NO8P/c1-10(2)23-8-15-14(7-12(5)26-15)19-28(21,22)24-9-16-18(25-11(3)4)17(20)13(6)27-16/h10-18,20H,7-9H2,1-6H3,(H2,19,21,22). The summed E-state index contributed by atoms with van der Waals surface area (Å²) in [6, 6.07) is -0.360. The largest absolute Gasteiger partial charge is 0.403 e. The minimum atomic E-state index is -4.11. The Kier molecular flexibility index (Phi) is 8.88. The zero-order chi connectivity index (χ0) is 21.1. The van der Waals surface area contributed by atoms with Gasteiger partial charge in [-0.05, 0) is 48.0 Å². The Morgan fingerprint density at radius 2 is 1.79 bits per heavy atom. The molecule has 2 rings (SSSR count). The highest BCUT2D eigenvalue weighted by Gasteiger charge is 2.44. The lowest BCUT2D eigenvalue weighted by Crippen LogP contribution is -2.40. The van der Waals surface area contributed by atoms with Crippen LogP contribution in [-0.4, -0.2) is 78.1 Å². The van der Waals surface area contributed by atoms with Crippen LogP contribution in [0.25, 0.3) is 0 Å². The highest BCUT2D eigenvalue weighted by atomic mass is 31.2. The molecular formula is C18H36NO8P. The van der Waals surface area contributed by atoms with E-state index < -0.39 is 32.2 Å². The Morgan fingerprint density at radius 1 is 1.11 bits per heavy atom. The summed E-state index contributed by atoms with van der Waals surface area (Å²) in [6.45, 7) is 11.4. The molecule has 8 atom stereocenters. The average molecular weight is 425 g/mol. The van der Waals surface area contributed by atoms with Gasteiger partial charge < -0.3 is 28.9 Å². The predicted octanol–water partition coefficient (Wildman–Crippen LogP) is 1.61. The third kappa shape index (κ3) is 7.00. The second-order valence-electron chi connectivity index (χ2n) is 8.17. The number of rotatable bonds is 10. The van der Waals surface area contributed by atoms with Crippen molar-refractivity contribution in [3.8, 4) is 0 Å². The highest BCUT2D eigenvalue weighted by Crippen LogP contribution is 2.41. The molecule has 8 unspecified atom stereocenters. The summed E-state index contributed by atoms with van der Waals surface area (Å²) in [5.41, 5.74) is 0. The summed E-state index contributed by atoms with van der Waals surface area (Å²) in [4.78, 5) is 10.3. The summed E-state index contributed by atoms with van der Waals surface area (Å²) in [6.07, 6.45) is -2.37. The van der Waals surface area contributed by atoms with Crippen molar-refractivity contribution in [3.05, 3.63) is 0 Å². The van der Waals surface area contributed by atoms with Crippen molar-refractivity contribution in [2.75, 3.05) is 13.2 Å². The maximum Gasteiger partial charge on any atom is 0.403 e. The van der Waals surface area contributed by atoms with Crippen LogP contribution in [-0.2, 0) is 28.0 Å². The summed E-state index contributed by atoms with van der Waals surface area (Å²) in [5, 5.41) is 12.9. The van der Waals surface area contributed by atoms with Crippen LogP contribution < -0.4 is 5.09 Å². The quantitative estimate of drug-likeness (QED) is 0.449. The Morgan fingerprint density at radius 3 is 2.39 bits per heavy atom. The topological polar surface area (TPSA) is 116 Å². The molecule has 2 heterocycles. The van der Waals surface area contributed by atoms with Gasteiger partial charge in [0.2, 0.25) is 0 Å². The van der Waals surface area contributed by atoms with Crippen LogP contribution in [0, 0.1) is 0 Å². The SMILES string of the molecule is CC(C)OCC1OC(C)CC1NP(=O)(O)OCC1OC(C)C(O)C1OC(C)C. The van der Waals surface area contributed by atoms with Gasteiger partial charge in [-0.1, -0.05) is 0 Å². The van der Waals surface area contributed by atoms with Gasteiger partial charge in [-0.2, -0.15) is 0 Å². The molecule has 2 aliphatic rings. The van der Waals surface area contributed by atoms with E-state index in [1.165, 1.54) is 0 Å². The van der Waals surface area contributed by atoms with E-state index in [1.807, 2.05) is 34.6 Å². The summed E-state index contributed by atoms with van der Waals surface area (Å²) in [5.74, 6) is 0. The maximum absolute atomic E-state index is 12.6. The van der Waals surface area contributed by atoms with E-state index in [2.05, 4.69) is 5.09 Å². The van der Waals surface area contributed by atoms with E-state index >= 15 is 0 Å². The number of aliphatic hydroxyl groups excluding tert-OH is 1. The van der Waals surface area contributed by atoms with Crippen LogP contribution in [0.15, 0.2) is 0 Å². The lowest BCUT2D eigenvalue weighted by Gasteiger charge is -2.26. The molecule has 0 aromatic carbocycles. The summed E-state index contributed by atoms with van der Waals surface area (Å²) >= 11 is 0. The van der Waals surface area contributed by atoms with Gasteiger partial charge in [0, 0.05) is 6.04 Å². The van der Waals surface area contributed by atoms with E-state index in [-0.39, 0.29) is 37.1 Å². The van der Waals surface area contributed by atoms with E-state index in [0.29, 0.717) is 13.0 Å². The van der Waals surface area contributed by atoms with Crippen LogP contribution in [0.4, 0.5) is 0 Å². The van der Waals surface area contributed by atoms with E-state index in [9.17, 15) is 14.6 Å². The van der Waals surface area contributed by atoms with E-state index in [4.69, 9.17) is 23.5 Å². The summed E-state index contributed by atoms with van der Waals surface area (Å²) in [7, 11) is -4.11. The average Bonchev–Trinajstić information content (AvgIpc) is 3.04. The fourth-order valence-corrected chi connectivity index (χ4v) is 4.61. The molecule has 10 heteroatoms. The number of ether oxygens (including phenoxy) is 4. The molecule has 0 amide bonds. The fourth-order valence-electron chi connectivity index (χ4n) is 3.50. The normalized spacial score (nSPS) is 38.4. The van der Waals surface area contributed by atoms with Crippen LogP contribution in [0.5, 0.6) is 0 Å². The molecule has 2 aliphatic heterocycles. The highest BCUT2D eigenvalue weighted by molar-refractivity contribution is 7.50. The smallest absolute Gasteiger partial charge is 0.388 e. The molecule has 166 valence electrons. The molecule has 0 radical (unpaired) electrons. The second kappa shape index (κ2) is 10.3. The first-order chi connectivity index (χ1) is 13.0. The monoisotopic (exact) mass is 425 g/mol. The van der Waals surface area contributed by atoms with Crippen molar-refractivity contribution >= 4 is 7.75 Å². The zero-order valence-electron chi connectivity index (χ0n) is 17.6. The van der Waals surface area contributed by atoms with Crippen LogP contribution >= 0.6 is 7.75 Å². The minimum Gasteiger partial charge on any atom is -0.388 e. The molecule has 0 bridgehead atoms. The Balaban J connectivity index is 1.90. The molecule has 0 aliphatic carbocycles. The Labute approximate surface area is 167 Å². The van der Waals surface area contributed by atoms with Gasteiger partial charge in [0.05, 0.1) is 43.7 Å². The molecular weight excluding hydrogens is 389 g/mol. The van der Waals surface area contributed by atoms with Crippen molar-refractivity contribution in [1.29, 1.82) is 0 Å². The number of nitrogens with one attached hydrogen (secondary N) is 1. The summed E-state index contributed by atoms with van der Waals surface area (Å²) < 4.78 is 40.6. The molecule has 3 N–H and O–H groups in total. The lowest BCUT2D eigenvalue weighted by atomic mass is 10.1. The van der Waals surface area contributed by atoms with Crippen molar-refractivity contribution in [2.24, 2.45) is 0 Å². The van der Waals surface area contributed by atoms with Crippen molar-refractivity contribution in [3.63, 3.8) is 0 Å². The van der Waals surface area contributed by atoms with Crippen LogP contribution in [0.2, 0.25) is 0 Å². The molecule has 0 spiro atoms. The third-order valence-electron chi connectivity index (χ3n) is 4.78.